The Balaban J connectivity index is 1.42. The molecule has 6 heteroatoms. The fourth-order valence-electron chi connectivity index (χ4n) is 4.48. The number of anilines is 2. The molecule has 1 N–H and O–H groups in total. The van der Waals surface area contributed by atoms with Crippen LogP contribution in [0.3, 0.4) is 0 Å². The van der Waals surface area contributed by atoms with Gasteiger partial charge in [-0.2, -0.15) is 5.10 Å². The summed E-state index contributed by atoms with van der Waals surface area (Å²) < 4.78 is 1.96. The maximum Gasteiger partial charge on any atom is 0.131 e. The number of fused-ring (bicyclic) bond motifs is 3. The summed E-state index contributed by atoms with van der Waals surface area (Å²) >= 11 is 0. The highest BCUT2D eigenvalue weighted by atomic mass is 15.3. The third-order valence-electron chi connectivity index (χ3n) is 6.06. The van der Waals surface area contributed by atoms with Gasteiger partial charge in [-0.25, -0.2) is 4.98 Å². The Morgan fingerprint density at radius 1 is 1.07 bits per heavy atom. The first-order chi connectivity index (χ1) is 13.1. The van der Waals surface area contributed by atoms with E-state index in [1.54, 1.807) is 0 Å². The second-order valence-electron chi connectivity index (χ2n) is 7.89. The van der Waals surface area contributed by atoms with E-state index in [-0.39, 0.29) is 6.04 Å². The van der Waals surface area contributed by atoms with Crippen molar-refractivity contribution in [3.63, 3.8) is 0 Å². The summed E-state index contributed by atoms with van der Waals surface area (Å²) in [6.07, 6.45) is 4.76. The number of pyridine rings is 1. The topological polar surface area (TPSA) is 49.2 Å². The van der Waals surface area contributed by atoms with Gasteiger partial charge < -0.3 is 15.1 Å². The summed E-state index contributed by atoms with van der Waals surface area (Å²) in [6.45, 7) is 6.70. The molecule has 1 unspecified atom stereocenters. The highest BCUT2D eigenvalue weighted by molar-refractivity contribution is 5.86. The molecule has 0 amide bonds. The SMILES string of the molecule is Cc1cc(C2Cc3c(ncc4cnn(C)c34)N2)ccc1N1CCN(C)CC1. The zero-order valence-electron chi connectivity index (χ0n) is 16.2. The van der Waals surface area contributed by atoms with Gasteiger partial charge in [0.25, 0.3) is 0 Å². The van der Waals surface area contributed by atoms with Gasteiger partial charge in [-0.3, -0.25) is 4.68 Å². The number of piperazine rings is 1. The molecule has 1 fully saturated rings. The summed E-state index contributed by atoms with van der Waals surface area (Å²) in [5.74, 6) is 0.997. The lowest BCUT2D eigenvalue weighted by Crippen LogP contribution is -2.44. The number of benzene rings is 1. The lowest BCUT2D eigenvalue weighted by atomic mass is 9.99. The molecular weight excluding hydrogens is 336 g/mol. The molecule has 4 heterocycles. The van der Waals surface area contributed by atoms with E-state index in [4.69, 9.17) is 0 Å². The average Bonchev–Trinajstić information content (AvgIpc) is 3.26. The summed E-state index contributed by atoms with van der Waals surface area (Å²) in [7, 11) is 4.20. The molecule has 2 aliphatic rings. The smallest absolute Gasteiger partial charge is 0.131 e. The molecule has 5 rings (SSSR count). The van der Waals surface area contributed by atoms with Crippen molar-refractivity contribution in [2.45, 2.75) is 19.4 Å². The van der Waals surface area contributed by atoms with E-state index in [1.807, 2.05) is 24.1 Å². The van der Waals surface area contributed by atoms with Gasteiger partial charge in [0, 0.05) is 62.5 Å². The van der Waals surface area contributed by atoms with Gasteiger partial charge >= 0.3 is 0 Å². The molecule has 0 spiro atoms. The van der Waals surface area contributed by atoms with Gasteiger partial charge in [0.1, 0.15) is 5.82 Å². The second-order valence-corrected chi connectivity index (χ2v) is 7.89. The summed E-state index contributed by atoms with van der Waals surface area (Å²) in [5.41, 5.74) is 6.53. The van der Waals surface area contributed by atoms with Crippen LogP contribution in [-0.2, 0) is 13.5 Å². The molecule has 0 saturated carbocycles. The molecule has 2 aliphatic heterocycles. The third kappa shape index (κ3) is 2.75. The number of likely N-dealkylation sites (N-methyl/N-ethyl adjacent to an activating group) is 1. The minimum absolute atomic E-state index is 0.272. The van der Waals surface area contributed by atoms with Gasteiger partial charge in [0.15, 0.2) is 0 Å². The van der Waals surface area contributed by atoms with E-state index in [0.717, 1.165) is 43.8 Å². The van der Waals surface area contributed by atoms with Crippen molar-refractivity contribution >= 4 is 22.4 Å². The maximum atomic E-state index is 4.62. The van der Waals surface area contributed by atoms with E-state index in [2.05, 4.69) is 57.4 Å². The summed E-state index contributed by atoms with van der Waals surface area (Å²) in [6, 6.07) is 7.20. The Labute approximate surface area is 159 Å². The molecule has 1 saturated heterocycles. The van der Waals surface area contributed by atoms with Gasteiger partial charge in [0.05, 0.1) is 17.8 Å². The Morgan fingerprint density at radius 3 is 2.67 bits per heavy atom. The maximum absolute atomic E-state index is 4.62. The first-order valence-electron chi connectivity index (χ1n) is 9.70. The number of hydrogen-bond acceptors (Lipinski definition) is 5. The lowest BCUT2D eigenvalue weighted by molar-refractivity contribution is 0.312. The normalized spacial score (nSPS) is 20.1. The third-order valence-corrected chi connectivity index (χ3v) is 6.06. The van der Waals surface area contributed by atoms with Crippen molar-refractivity contribution in [2.75, 3.05) is 43.4 Å². The Bertz CT molecular complexity index is 999. The number of nitrogens with one attached hydrogen (secondary N) is 1. The van der Waals surface area contributed by atoms with Crippen LogP contribution in [0.4, 0.5) is 11.5 Å². The second kappa shape index (κ2) is 6.23. The van der Waals surface area contributed by atoms with Crippen molar-refractivity contribution in [3.8, 4) is 0 Å². The van der Waals surface area contributed by atoms with Gasteiger partial charge in [-0.05, 0) is 31.2 Å². The predicted molar refractivity (Wildman–Crippen MR) is 109 cm³/mol. The van der Waals surface area contributed by atoms with Crippen LogP contribution >= 0.6 is 0 Å². The average molecular weight is 362 g/mol. The van der Waals surface area contributed by atoms with Crippen molar-refractivity contribution in [2.24, 2.45) is 7.05 Å². The van der Waals surface area contributed by atoms with Crippen LogP contribution in [0.5, 0.6) is 0 Å². The quantitative estimate of drug-likeness (QED) is 0.760. The standard InChI is InChI=1S/C21H26N6/c1-14-10-15(4-5-19(14)27-8-6-25(2)7-9-27)18-11-17-20-16(13-23-26(20)3)12-22-21(17)24-18/h4-5,10,12-13,18H,6-9,11H2,1-3H3,(H,22,24). The minimum atomic E-state index is 0.272. The summed E-state index contributed by atoms with van der Waals surface area (Å²) in [5, 5.41) is 9.12. The molecule has 140 valence electrons. The van der Waals surface area contributed by atoms with Crippen LogP contribution in [0.2, 0.25) is 0 Å². The lowest BCUT2D eigenvalue weighted by Gasteiger charge is -2.35. The van der Waals surface area contributed by atoms with E-state index in [0.29, 0.717) is 0 Å². The van der Waals surface area contributed by atoms with E-state index in [9.17, 15) is 0 Å². The molecule has 6 nitrogen and oxygen atoms in total. The molecule has 1 atom stereocenters. The van der Waals surface area contributed by atoms with Crippen LogP contribution in [0.1, 0.15) is 22.7 Å². The fourth-order valence-corrected chi connectivity index (χ4v) is 4.48. The first-order valence-corrected chi connectivity index (χ1v) is 9.70. The zero-order chi connectivity index (χ0) is 18.5. The fraction of sp³-hybridized carbons (Fsp3) is 0.429. The van der Waals surface area contributed by atoms with Crippen molar-refractivity contribution in [1.29, 1.82) is 0 Å². The van der Waals surface area contributed by atoms with Crippen molar-refractivity contribution in [1.82, 2.24) is 19.7 Å². The van der Waals surface area contributed by atoms with E-state index in [1.165, 1.54) is 27.9 Å². The molecular formula is C21H26N6. The largest absolute Gasteiger partial charge is 0.369 e. The predicted octanol–water partition coefficient (Wildman–Crippen LogP) is 2.74. The number of aromatic nitrogens is 3. The van der Waals surface area contributed by atoms with E-state index >= 15 is 0 Å². The molecule has 0 aliphatic carbocycles. The number of nitrogens with zero attached hydrogens (tertiary/aromatic N) is 5. The highest BCUT2D eigenvalue weighted by Crippen LogP contribution is 2.37. The van der Waals surface area contributed by atoms with Crippen LogP contribution in [0.25, 0.3) is 10.9 Å². The molecule has 0 radical (unpaired) electrons. The molecule has 2 aromatic heterocycles. The number of rotatable bonds is 2. The Morgan fingerprint density at radius 2 is 1.89 bits per heavy atom. The first kappa shape index (κ1) is 16.6. The van der Waals surface area contributed by atoms with Gasteiger partial charge in [-0.1, -0.05) is 12.1 Å². The summed E-state index contributed by atoms with van der Waals surface area (Å²) in [4.78, 5) is 9.53. The molecule has 27 heavy (non-hydrogen) atoms. The van der Waals surface area contributed by atoms with Crippen molar-refractivity contribution in [3.05, 3.63) is 47.3 Å². The Kier molecular flexibility index (Phi) is 3.82. The van der Waals surface area contributed by atoms with Crippen LogP contribution < -0.4 is 10.2 Å². The van der Waals surface area contributed by atoms with Crippen molar-refractivity contribution < 1.29 is 0 Å². The van der Waals surface area contributed by atoms with Gasteiger partial charge in [0.2, 0.25) is 0 Å². The van der Waals surface area contributed by atoms with Crippen LogP contribution in [-0.4, -0.2) is 52.9 Å². The molecule has 0 bridgehead atoms. The minimum Gasteiger partial charge on any atom is -0.369 e. The zero-order valence-corrected chi connectivity index (χ0v) is 16.2. The van der Waals surface area contributed by atoms with E-state index < -0.39 is 0 Å². The van der Waals surface area contributed by atoms with Crippen LogP contribution in [0.15, 0.2) is 30.6 Å². The van der Waals surface area contributed by atoms with Crippen LogP contribution in [0, 0.1) is 6.92 Å². The molecule has 3 aromatic rings. The number of aryl methyl sites for hydroxylation is 2. The number of hydrogen-bond donors (Lipinski definition) is 1. The monoisotopic (exact) mass is 362 g/mol. The Hall–Kier alpha value is -2.60. The highest BCUT2D eigenvalue weighted by Gasteiger charge is 2.27. The molecule has 1 aromatic carbocycles. The van der Waals surface area contributed by atoms with Gasteiger partial charge in [-0.15, -0.1) is 0 Å².